The predicted molar refractivity (Wildman–Crippen MR) is 213 cm³/mol. The third kappa shape index (κ3) is 8.98. The van der Waals surface area contributed by atoms with Crippen LogP contribution in [-0.4, -0.2) is 81.6 Å². The van der Waals surface area contributed by atoms with Crippen molar-refractivity contribution < 1.29 is 23.1 Å². The number of hydrogen-bond donors (Lipinski definition) is 3. The van der Waals surface area contributed by atoms with Gasteiger partial charge in [0.15, 0.2) is 11.6 Å². The van der Waals surface area contributed by atoms with Crippen LogP contribution in [0.5, 0.6) is 0 Å². The Hall–Kier alpha value is -4.91. The van der Waals surface area contributed by atoms with Gasteiger partial charge in [0.2, 0.25) is 0 Å². The number of aromatic nitrogens is 2. The van der Waals surface area contributed by atoms with E-state index < -0.39 is 34.7 Å². The van der Waals surface area contributed by atoms with Crippen LogP contribution in [0.4, 0.5) is 25.2 Å². The Morgan fingerprint density at radius 2 is 1.87 bits per heavy atom. The average molecular weight is 777 g/mol. The summed E-state index contributed by atoms with van der Waals surface area (Å²) < 4.78 is 38.5. The van der Waals surface area contributed by atoms with Crippen molar-refractivity contribution in [3.63, 3.8) is 0 Å². The van der Waals surface area contributed by atoms with Crippen molar-refractivity contribution in [1.29, 1.82) is 10.8 Å². The fourth-order valence-electron chi connectivity index (χ4n) is 7.24. The first kappa shape index (κ1) is 41.3. The molecule has 2 aliphatic heterocycles. The molecule has 11 nitrogen and oxygen atoms in total. The zero-order chi connectivity index (χ0) is 40.1. The number of nitrogens with one attached hydrogen (secondary N) is 3. The lowest BCUT2D eigenvalue weighted by atomic mass is 9.71. The van der Waals surface area contributed by atoms with Crippen LogP contribution in [0.1, 0.15) is 107 Å². The van der Waals surface area contributed by atoms with Gasteiger partial charge in [-0.1, -0.05) is 62.9 Å². The second-order valence-electron chi connectivity index (χ2n) is 15.3. The number of fused-ring (bicyclic) bond motifs is 1. The molecular formula is C41H51ClF2N8O3. The van der Waals surface area contributed by atoms with E-state index in [0.29, 0.717) is 26.1 Å². The van der Waals surface area contributed by atoms with Crippen molar-refractivity contribution in [2.45, 2.75) is 96.7 Å². The molecule has 294 valence electrons. The smallest absolute Gasteiger partial charge is 0.410 e. The van der Waals surface area contributed by atoms with Gasteiger partial charge in [0.1, 0.15) is 23.1 Å². The molecule has 3 aromatic rings. The van der Waals surface area contributed by atoms with E-state index >= 15 is 8.78 Å². The molecule has 3 N–H and O–H groups in total. The largest absolute Gasteiger partial charge is 0.444 e. The molecule has 2 aromatic heterocycles. The fourth-order valence-corrected chi connectivity index (χ4v) is 7.41. The minimum atomic E-state index is -1.43. The number of pyridine rings is 2. The number of allylic oxidation sites excluding steroid dienone is 1. The Labute approximate surface area is 327 Å². The molecule has 1 aromatic carbocycles. The van der Waals surface area contributed by atoms with Crippen molar-refractivity contribution >= 4 is 47.3 Å². The quantitative estimate of drug-likeness (QED) is 0.0845. The zero-order valence-corrected chi connectivity index (χ0v) is 33.1. The van der Waals surface area contributed by atoms with Crippen LogP contribution in [0.3, 0.4) is 0 Å². The van der Waals surface area contributed by atoms with E-state index in [9.17, 15) is 9.59 Å². The molecule has 2 amide bonds. The summed E-state index contributed by atoms with van der Waals surface area (Å²) in [6, 6.07) is 7.49. The number of carbonyl (C=O) groups is 2. The number of likely N-dealkylation sites (tertiary alicyclic amines) is 1. The maximum absolute atomic E-state index is 16.8. The van der Waals surface area contributed by atoms with Crippen molar-refractivity contribution in [3.8, 4) is 0 Å². The molecule has 0 radical (unpaired) electrons. The maximum Gasteiger partial charge on any atom is 0.410 e. The van der Waals surface area contributed by atoms with Gasteiger partial charge in [-0.2, -0.15) is 0 Å². The average Bonchev–Trinajstić information content (AvgIpc) is 3.12. The molecule has 14 heteroatoms. The lowest BCUT2D eigenvalue weighted by Gasteiger charge is -2.43. The number of nitrogens with zero attached hydrogens (tertiary/aromatic N) is 5. The molecule has 0 spiro atoms. The highest BCUT2D eigenvalue weighted by Gasteiger charge is 2.47. The normalized spacial score (nSPS) is 17.8. The first-order valence-corrected chi connectivity index (χ1v) is 19.2. The summed E-state index contributed by atoms with van der Waals surface area (Å²) in [5.41, 5.74) is -1.28. The Kier molecular flexibility index (Phi) is 13.0. The second-order valence-corrected chi connectivity index (χ2v) is 15.7. The summed E-state index contributed by atoms with van der Waals surface area (Å²) >= 11 is 6.27. The lowest BCUT2D eigenvalue weighted by Crippen LogP contribution is -2.56. The topological polar surface area (TPSA) is 139 Å². The number of hydrogen-bond acceptors (Lipinski definition) is 8. The Morgan fingerprint density at radius 1 is 1.13 bits per heavy atom. The predicted octanol–water partition coefficient (Wildman–Crippen LogP) is 8.92. The van der Waals surface area contributed by atoms with Crippen LogP contribution in [0.25, 0.3) is 0 Å². The highest BCUT2D eigenvalue weighted by Crippen LogP contribution is 2.45. The number of amidine groups is 1. The van der Waals surface area contributed by atoms with Gasteiger partial charge in [0.05, 0.1) is 22.7 Å². The molecule has 55 heavy (non-hydrogen) atoms. The van der Waals surface area contributed by atoms with E-state index in [0.717, 1.165) is 37.5 Å². The van der Waals surface area contributed by atoms with Crippen molar-refractivity contribution in [2.24, 2.45) is 0 Å². The van der Waals surface area contributed by atoms with Gasteiger partial charge >= 0.3 is 6.09 Å². The van der Waals surface area contributed by atoms with E-state index in [1.54, 1.807) is 35.1 Å². The van der Waals surface area contributed by atoms with Gasteiger partial charge in [-0.05, 0) is 70.4 Å². The molecular weight excluding hydrogens is 726 g/mol. The molecule has 4 heterocycles. The molecule has 1 fully saturated rings. The number of amides is 2. The second kappa shape index (κ2) is 17.3. The third-order valence-corrected chi connectivity index (χ3v) is 10.3. The fraction of sp³-hybridized carbons (Fsp3) is 0.463. The van der Waals surface area contributed by atoms with Crippen LogP contribution in [0.2, 0.25) is 5.02 Å². The summed E-state index contributed by atoms with van der Waals surface area (Å²) in [6.07, 6.45) is 11.1. The van der Waals surface area contributed by atoms with E-state index in [-0.39, 0.29) is 57.8 Å². The Morgan fingerprint density at radius 3 is 2.51 bits per heavy atom. The van der Waals surface area contributed by atoms with Crippen LogP contribution >= 0.6 is 11.6 Å². The summed E-state index contributed by atoms with van der Waals surface area (Å²) in [7, 11) is 0. The van der Waals surface area contributed by atoms with Gasteiger partial charge in [-0.25, -0.2) is 23.5 Å². The highest BCUT2D eigenvalue weighted by atomic mass is 35.5. The molecule has 2 aliphatic rings. The van der Waals surface area contributed by atoms with Crippen LogP contribution in [0.15, 0.2) is 54.9 Å². The highest BCUT2D eigenvalue weighted by molar-refractivity contribution is 6.30. The first-order valence-electron chi connectivity index (χ1n) is 18.8. The van der Waals surface area contributed by atoms with Gasteiger partial charge in [-0.3, -0.25) is 15.1 Å². The summed E-state index contributed by atoms with van der Waals surface area (Å²) in [4.78, 5) is 41.6. The third-order valence-electron chi connectivity index (χ3n) is 10.1. The minimum Gasteiger partial charge on any atom is -0.444 e. The summed E-state index contributed by atoms with van der Waals surface area (Å²) in [5.74, 6) is -1.64. The molecule has 0 aliphatic carbocycles. The zero-order valence-electron chi connectivity index (χ0n) is 32.4. The van der Waals surface area contributed by atoms with Gasteiger partial charge in [0, 0.05) is 61.3 Å². The molecule has 0 saturated carbocycles. The van der Waals surface area contributed by atoms with E-state index in [1.807, 2.05) is 33.8 Å². The number of halogens is 3. The number of carbonyl (C=O) groups excluding carboxylic acids is 2. The lowest BCUT2D eigenvalue weighted by molar-refractivity contribution is 0.0148. The number of benzene rings is 1. The molecule has 2 atom stereocenters. The van der Waals surface area contributed by atoms with Crippen LogP contribution < -0.4 is 10.2 Å². The van der Waals surface area contributed by atoms with E-state index in [1.165, 1.54) is 35.4 Å². The number of unbranched alkanes of at least 4 members (excludes halogenated alkanes) is 3. The van der Waals surface area contributed by atoms with Crippen molar-refractivity contribution in [3.05, 3.63) is 93.8 Å². The van der Waals surface area contributed by atoms with Crippen LogP contribution in [0, 0.1) is 22.5 Å². The van der Waals surface area contributed by atoms with E-state index in [4.69, 9.17) is 32.1 Å². The molecule has 0 bridgehead atoms. The number of rotatable bonds is 14. The summed E-state index contributed by atoms with van der Waals surface area (Å²) in [6.45, 7) is 12.5. The van der Waals surface area contributed by atoms with Gasteiger partial charge in [-0.15, -0.1) is 0 Å². The SMILES string of the molecule is CCCCCCN(C(=O)OC(C)(C)C)C(CC)c1ccc(N2C[C@](C)(c3cccc(Cl)c3F)c3c(cnc(NC4CN(C(=N)/C=C\C=N)C4)c3F)C2=O)nc1. The first-order chi connectivity index (χ1) is 26.1. The summed E-state index contributed by atoms with van der Waals surface area (Å²) in [5, 5.41) is 18.2. The maximum atomic E-state index is 16.8. The molecule has 5 rings (SSSR count). The molecule has 1 saturated heterocycles. The minimum absolute atomic E-state index is 0.0102. The van der Waals surface area contributed by atoms with Gasteiger partial charge < -0.3 is 25.3 Å². The molecule has 1 unspecified atom stereocenters. The van der Waals surface area contributed by atoms with E-state index in [2.05, 4.69) is 17.2 Å². The van der Waals surface area contributed by atoms with Crippen molar-refractivity contribution in [1.82, 2.24) is 19.8 Å². The monoisotopic (exact) mass is 776 g/mol. The van der Waals surface area contributed by atoms with Gasteiger partial charge in [0.25, 0.3) is 5.91 Å². The Balaban J connectivity index is 1.48. The van der Waals surface area contributed by atoms with Crippen molar-refractivity contribution in [2.75, 3.05) is 36.4 Å². The Bertz CT molecular complexity index is 1930. The number of anilines is 2. The standard InChI is InChI=1S/C41H51ClF2N8O3/c1-7-9-10-11-20-51(39(54)55-40(3,4)5)31(8-2)26-17-18-33(47-21-26)52-25-41(6,29-14-12-15-30(42)35(29)43)34-28(38(52)53)22-48-37(36(34)44)49-27-23-50(24-27)32(46)16-13-19-45/h12-19,21-22,27,31,45-46H,7-11,20,23-25H2,1-6H3,(H,48,49)/b16-13-,45-19?,46-32?/t31?,41-/m1/s1. The van der Waals surface area contributed by atoms with Crippen LogP contribution in [-0.2, 0) is 10.2 Å². The number of ether oxygens (including phenoxy) is 1.